The monoisotopic (exact) mass is 943 g/mol. The van der Waals surface area contributed by atoms with Crippen LogP contribution < -0.4 is 25.6 Å². The van der Waals surface area contributed by atoms with Gasteiger partial charge in [0.15, 0.2) is 5.72 Å². The summed E-state index contributed by atoms with van der Waals surface area (Å²) in [6, 6.07) is 9.84. The van der Waals surface area contributed by atoms with Crippen molar-refractivity contribution in [2.45, 2.75) is 109 Å². The van der Waals surface area contributed by atoms with Gasteiger partial charge in [0.25, 0.3) is 0 Å². The standard InChI is InChI=1S/C45H58ClN5O11S2/c1-25-11-10-12-35(59-9)45(57)23-34(60-42(56)49-45)26(2)40-44(5,62-40)36(22-38(54)51(7)32-20-30(19-25)21-33(58-8)39(32)46)61-41(55)27(3)50(6)37(53)17-18-64-43(63)47-24-29-13-15-31(16-14-29)48-28(4)52/h10-16,20-21,26-27,34-36,40,57H,17-19,22-24H2,1-9H3,(H,47,63)(H,48,52)(H,49,56)/b12-10+,25-11+/t26-,27+,34+,35-,36+,40?,44+,45+/m1/s1. The Bertz CT molecular complexity index is 2160. The number of hydrogen-bond donors (Lipinski definition) is 4. The summed E-state index contributed by atoms with van der Waals surface area (Å²) < 4.78 is 29.9. The third-order valence-corrected chi connectivity index (χ3v) is 13.5. The second kappa shape index (κ2) is 21.5. The van der Waals surface area contributed by atoms with Crippen molar-refractivity contribution in [1.82, 2.24) is 15.5 Å². The molecule has 4 N–H and O–H groups in total. The Kier molecular flexibility index (Phi) is 16.9. The number of carbonyl (C=O) groups excluding carboxylic acids is 5. The van der Waals surface area contributed by atoms with Crippen LogP contribution in [0.5, 0.6) is 5.75 Å². The average molecular weight is 945 g/mol. The lowest BCUT2D eigenvalue weighted by Crippen LogP contribution is -2.63. The zero-order chi connectivity index (χ0) is 47.1. The fourth-order valence-corrected chi connectivity index (χ4v) is 9.03. The number of aliphatic hydroxyl groups is 1. The maximum atomic E-state index is 14.3. The number of epoxide rings is 1. The van der Waals surface area contributed by atoms with Gasteiger partial charge < -0.3 is 49.2 Å². The topological polar surface area (TPSA) is 198 Å². The van der Waals surface area contributed by atoms with Crippen LogP contribution >= 0.6 is 35.6 Å². The van der Waals surface area contributed by atoms with E-state index >= 15 is 0 Å². The molecule has 4 amide bonds. The third-order valence-electron chi connectivity index (χ3n) is 11.8. The highest BCUT2D eigenvalue weighted by Gasteiger charge is 2.64. The van der Waals surface area contributed by atoms with Gasteiger partial charge in [0, 0.05) is 64.9 Å². The highest BCUT2D eigenvalue weighted by molar-refractivity contribution is 8.22. The van der Waals surface area contributed by atoms with Gasteiger partial charge in [-0.05, 0) is 62.6 Å². The van der Waals surface area contributed by atoms with Crippen molar-refractivity contribution in [1.29, 1.82) is 0 Å². The minimum Gasteiger partial charge on any atom is -0.495 e. The average Bonchev–Trinajstić information content (AvgIpc) is 3.94. The molecule has 2 fully saturated rings. The molecule has 8 atom stereocenters. The molecule has 348 valence electrons. The van der Waals surface area contributed by atoms with Crippen molar-refractivity contribution in [3.8, 4) is 5.75 Å². The van der Waals surface area contributed by atoms with Crippen LogP contribution in [0.3, 0.4) is 0 Å². The second-order valence-electron chi connectivity index (χ2n) is 16.5. The number of nitrogens with one attached hydrogen (secondary N) is 3. The number of halogens is 1. The molecule has 19 heteroatoms. The number of nitrogens with zero attached hydrogens (tertiary/aromatic N) is 2. The number of methoxy groups -OCH3 is 2. The lowest BCUT2D eigenvalue weighted by molar-refractivity contribution is -0.162. The van der Waals surface area contributed by atoms with E-state index in [1.54, 1.807) is 57.3 Å². The maximum Gasteiger partial charge on any atom is 0.409 e. The lowest BCUT2D eigenvalue weighted by atomic mass is 9.83. The molecule has 2 saturated heterocycles. The van der Waals surface area contributed by atoms with E-state index in [2.05, 4.69) is 16.0 Å². The van der Waals surface area contributed by atoms with Crippen molar-refractivity contribution in [3.63, 3.8) is 0 Å². The number of amides is 4. The van der Waals surface area contributed by atoms with Crippen molar-refractivity contribution in [2.75, 3.05) is 44.3 Å². The van der Waals surface area contributed by atoms with Crippen molar-refractivity contribution < 1.29 is 52.8 Å². The van der Waals surface area contributed by atoms with Gasteiger partial charge in [-0.3, -0.25) is 19.7 Å². The number of alkyl carbamates (subject to hydrolysis) is 1. The molecule has 3 aliphatic rings. The van der Waals surface area contributed by atoms with Crippen LogP contribution in [0.25, 0.3) is 0 Å². The summed E-state index contributed by atoms with van der Waals surface area (Å²) in [4.78, 5) is 68.5. The zero-order valence-corrected chi connectivity index (χ0v) is 39.9. The molecule has 5 rings (SSSR count). The molecule has 2 aromatic carbocycles. The molecule has 0 saturated carbocycles. The first-order chi connectivity index (χ1) is 30.2. The van der Waals surface area contributed by atoms with Gasteiger partial charge >= 0.3 is 12.1 Å². The summed E-state index contributed by atoms with van der Waals surface area (Å²) in [7, 11) is 5.97. The minimum absolute atomic E-state index is 0.0682. The minimum atomic E-state index is -1.85. The predicted octanol–water partition coefficient (Wildman–Crippen LogP) is 5.67. The molecule has 0 spiro atoms. The normalized spacial score (nSPS) is 27.6. The van der Waals surface area contributed by atoms with E-state index in [4.69, 9.17) is 47.5 Å². The van der Waals surface area contributed by atoms with Gasteiger partial charge in [-0.15, -0.1) is 0 Å². The van der Waals surface area contributed by atoms with E-state index < -0.39 is 65.7 Å². The van der Waals surface area contributed by atoms with Crippen molar-refractivity contribution in [2.24, 2.45) is 5.92 Å². The number of carbonyl (C=O) groups is 5. The van der Waals surface area contributed by atoms with Crippen LogP contribution in [0.1, 0.15) is 65.0 Å². The fraction of sp³-hybridized carbons (Fsp3) is 0.511. The van der Waals surface area contributed by atoms with Crippen LogP contribution in [0.15, 0.2) is 60.2 Å². The van der Waals surface area contributed by atoms with E-state index in [-0.39, 0.29) is 36.1 Å². The molecule has 16 nitrogen and oxygen atoms in total. The quantitative estimate of drug-likeness (QED) is 0.122. The number of benzene rings is 2. The molecular weight excluding hydrogens is 886 g/mol. The molecule has 3 aliphatic heterocycles. The summed E-state index contributed by atoms with van der Waals surface area (Å²) in [5.41, 5.74) is 0.597. The van der Waals surface area contributed by atoms with Gasteiger partial charge in [-0.2, -0.15) is 0 Å². The van der Waals surface area contributed by atoms with Gasteiger partial charge in [-0.1, -0.05) is 78.4 Å². The Morgan fingerprint density at radius 2 is 1.89 bits per heavy atom. The fourth-order valence-electron chi connectivity index (χ4n) is 7.76. The molecular formula is C45H58ClN5O11S2. The molecule has 3 heterocycles. The number of hydrogen-bond acceptors (Lipinski definition) is 13. The van der Waals surface area contributed by atoms with E-state index in [0.717, 1.165) is 16.7 Å². The lowest BCUT2D eigenvalue weighted by Gasteiger charge is -2.42. The van der Waals surface area contributed by atoms with E-state index in [1.807, 2.05) is 25.1 Å². The Balaban J connectivity index is 1.33. The first-order valence-electron chi connectivity index (χ1n) is 20.8. The van der Waals surface area contributed by atoms with Crippen LogP contribution in [-0.4, -0.2) is 120 Å². The third kappa shape index (κ3) is 12.3. The summed E-state index contributed by atoms with van der Waals surface area (Å²) in [5, 5.41) is 20.4. The Hall–Kier alpha value is -4.72. The molecule has 1 unspecified atom stereocenters. The first kappa shape index (κ1) is 50.3. The summed E-state index contributed by atoms with van der Waals surface area (Å²) >= 11 is 13.6. The Morgan fingerprint density at radius 3 is 2.55 bits per heavy atom. The van der Waals surface area contributed by atoms with Gasteiger partial charge in [0.05, 0.1) is 25.3 Å². The first-order valence-corrected chi connectivity index (χ1v) is 22.6. The second-order valence-corrected chi connectivity index (χ2v) is 18.7. The van der Waals surface area contributed by atoms with Gasteiger partial charge in [0.2, 0.25) is 17.7 Å². The molecule has 0 radical (unpaired) electrons. The van der Waals surface area contributed by atoms with Crippen molar-refractivity contribution >= 4 is 81.1 Å². The van der Waals surface area contributed by atoms with Crippen LogP contribution in [-0.2, 0) is 51.1 Å². The summed E-state index contributed by atoms with van der Waals surface area (Å²) in [6.07, 6.45) is 0.749. The number of likely N-dealkylation sites (N-methyl/N-ethyl adjacent to an activating group) is 1. The molecule has 0 aliphatic carbocycles. The molecule has 4 bridgehead atoms. The number of thiocarbonyl (C=S) groups is 1. The van der Waals surface area contributed by atoms with E-state index in [9.17, 15) is 29.1 Å². The number of esters is 1. The van der Waals surface area contributed by atoms with Crippen molar-refractivity contribution in [3.05, 3.63) is 76.3 Å². The number of rotatable bonds is 11. The molecule has 2 aromatic rings. The van der Waals surface area contributed by atoms with Crippen LogP contribution in [0, 0.1) is 5.92 Å². The highest BCUT2D eigenvalue weighted by Crippen LogP contribution is 2.49. The SMILES string of the molecule is COc1cc2cc(c1Cl)N(C)C(=O)C[C@H](OC(=O)[C@H](C)N(C)C(=O)CCSC(=S)NCc1ccc(NC(C)=O)cc1)[C@]1(C)OC1[C@H](C)[C@@H]1C[C@@](O)(NC(=O)O1)[C@H](OC)/C=C/C=C(\C)C2. The van der Waals surface area contributed by atoms with Gasteiger partial charge in [0.1, 0.15) is 45.0 Å². The van der Waals surface area contributed by atoms with E-state index in [0.29, 0.717) is 40.2 Å². The number of fused-ring (bicyclic) bond motifs is 5. The number of thioether (sulfide) groups is 1. The smallest absolute Gasteiger partial charge is 0.409 e. The highest BCUT2D eigenvalue weighted by atomic mass is 35.5. The summed E-state index contributed by atoms with van der Waals surface area (Å²) in [5.74, 6) is -1.58. The summed E-state index contributed by atoms with van der Waals surface area (Å²) in [6.45, 7) is 8.84. The van der Waals surface area contributed by atoms with Crippen LogP contribution in [0.4, 0.5) is 16.2 Å². The largest absolute Gasteiger partial charge is 0.495 e. The molecule has 64 heavy (non-hydrogen) atoms. The van der Waals surface area contributed by atoms with Gasteiger partial charge in [-0.25, -0.2) is 9.59 Å². The van der Waals surface area contributed by atoms with Crippen LogP contribution in [0.2, 0.25) is 5.02 Å². The zero-order valence-electron chi connectivity index (χ0n) is 37.5. The Labute approximate surface area is 388 Å². The molecule has 0 aromatic heterocycles. The maximum absolute atomic E-state index is 14.3. The number of ether oxygens (including phenoxy) is 5. The predicted molar refractivity (Wildman–Crippen MR) is 248 cm³/mol. The van der Waals surface area contributed by atoms with E-state index in [1.165, 1.54) is 56.7 Å². The Morgan fingerprint density at radius 1 is 1.19 bits per heavy atom. The number of allylic oxidation sites excluding steroid dienone is 3. The number of anilines is 2.